The van der Waals surface area contributed by atoms with Gasteiger partial charge in [-0.1, -0.05) is 60.7 Å². The van der Waals surface area contributed by atoms with Crippen molar-refractivity contribution in [2.45, 2.75) is 18.9 Å². The van der Waals surface area contributed by atoms with E-state index in [0.29, 0.717) is 57.1 Å². The Morgan fingerprint density at radius 1 is 0.778 bits per heavy atom. The molecule has 1 aromatic heterocycles. The van der Waals surface area contributed by atoms with Crippen molar-refractivity contribution in [3.63, 3.8) is 0 Å². The van der Waals surface area contributed by atoms with Crippen LogP contribution in [-0.4, -0.2) is 71.1 Å². The molecule has 3 heterocycles. The third-order valence-corrected chi connectivity index (χ3v) is 11.9. The number of nitrogens with one attached hydrogen (secondary N) is 1. The highest BCUT2D eigenvalue weighted by atomic mass is 16.7. The molecule has 5 aromatic carbocycles. The van der Waals surface area contributed by atoms with E-state index in [2.05, 4.69) is 5.32 Å². The lowest BCUT2D eigenvalue weighted by atomic mass is 9.65. The van der Waals surface area contributed by atoms with Crippen LogP contribution in [0.4, 0.5) is 0 Å². The largest absolute Gasteiger partial charge is 0.493 e. The summed E-state index contributed by atoms with van der Waals surface area (Å²) in [5.41, 5.74) is 6.64. The van der Waals surface area contributed by atoms with Gasteiger partial charge in [-0.15, -0.1) is 0 Å². The number of rotatable bonds is 13. The number of hydrogen-bond donors (Lipinski definition) is 1. The summed E-state index contributed by atoms with van der Waals surface area (Å²) in [5.74, 6) is 0.374. The minimum Gasteiger partial charge on any atom is -0.493 e. The van der Waals surface area contributed by atoms with E-state index in [0.717, 1.165) is 38.7 Å². The van der Waals surface area contributed by atoms with Crippen molar-refractivity contribution in [3.8, 4) is 51.4 Å². The summed E-state index contributed by atoms with van der Waals surface area (Å²) in [7, 11) is 6.10. The maximum atomic E-state index is 13.9. The molecule has 1 saturated heterocycles. The Morgan fingerprint density at radius 3 is 2.19 bits per heavy atom. The van der Waals surface area contributed by atoms with Crippen LogP contribution in [0.2, 0.25) is 0 Å². The highest BCUT2D eigenvalue weighted by Crippen LogP contribution is 2.55. The molecule has 13 heteroatoms. The lowest BCUT2D eigenvalue weighted by Crippen LogP contribution is -2.44. The molecule has 6 aromatic rings. The molecule has 1 N–H and O–H groups in total. The molecule has 1 fully saturated rings. The second-order valence-electron chi connectivity index (χ2n) is 15.4. The number of para-hydroxylation sites is 1. The number of hydrogen-bond acceptors (Lipinski definition) is 12. The van der Waals surface area contributed by atoms with Gasteiger partial charge in [-0.3, -0.25) is 19.4 Å². The summed E-state index contributed by atoms with van der Waals surface area (Å²) in [6.07, 6.45) is 3.24. The predicted octanol–water partition coefficient (Wildman–Crippen LogP) is 8.04. The zero-order chi connectivity index (χ0) is 43.8. The quantitative estimate of drug-likeness (QED) is 0.0681. The van der Waals surface area contributed by atoms with E-state index < -0.39 is 29.7 Å². The predicted molar refractivity (Wildman–Crippen MR) is 233 cm³/mol. The smallest absolute Gasteiger partial charge is 0.310 e. The molecule has 63 heavy (non-hydrogen) atoms. The van der Waals surface area contributed by atoms with Crippen molar-refractivity contribution in [3.05, 3.63) is 137 Å². The SMILES string of the molecule is COc1cc(/C=C/C(=O)c2c(C)nc3ccccc3c2-c2ccccc2)ccc1OCC(=O)N[C@@H]1c2cc3c(cc2[C@@H](c2cc(OC)c(OC)c(OC)c2)[C@H]2C(=O)OC[C@@H]21)OCO3. The first-order chi connectivity index (χ1) is 30.7. The van der Waals surface area contributed by atoms with E-state index in [9.17, 15) is 14.4 Å². The van der Waals surface area contributed by atoms with Crippen molar-refractivity contribution >= 4 is 34.6 Å². The second-order valence-corrected chi connectivity index (χ2v) is 15.4. The standard InChI is InChI=1S/C50H44N2O11/c1-27-44(45(29-11-7-6-8-12-29)31-13-9-10-14-35(31)51-27)36(53)17-15-28-16-18-37(38(19-28)56-2)60-25-43(54)52-48-33-23-40-39(62-26-63-40)22-32(33)46(47-34(48)24-61-50(47)55)30-20-41(57-3)49(59-5)42(21-30)58-4/h6-23,34,46-48H,24-26H2,1-5H3,(H,52,54)/b17-15+/t34-,46+,47-,48+/m0/s1. The number of carbonyl (C=O) groups is 3. The van der Waals surface area contributed by atoms with Crippen molar-refractivity contribution in [2.75, 3.05) is 48.4 Å². The Labute approximate surface area is 363 Å². The number of ether oxygens (including phenoxy) is 8. The fraction of sp³-hybridized carbons (Fsp3) is 0.240. The van der Waals surface area contributed by atoms with Crippen LogP contribution in [0.3, 0.4) is 0 Å². The zero-order valence-corrected chi connectivity index (χ0v) is 35.3. The first-order valence-corrected chi connectivity index (χ1v) is 20.4. The number of fused-ring (bicyclic) bond motifs is 4. The summed E-state index contributed by atoms with van der Waals surface area (Å²) >= 11 is 0. The third-order valence-electron chi connectivity index (χ3n) is 11.9. The molecule has 2 aliphatic heterocycles. The maximum absolute atomic E-state index is 13.9. The van der Waals surface area contributed by atoms with E-state index in [1.54, 1.807) is 24.3 Å². The van der Waals surface area contributed by atoms with Gasteiger partial charge in [0.05, 0.1) is 58.1 Å². The van der Waals surface area contributed by atoms with Gasteiger partial charge in [-0.05, 0) is 83.3 Å². The van der Waals surface area contributed by atoms with Crippen molar-refractivity contribution in [1.82, 2.24) is 10.3 Å². The van der Waals surface area contributed by atoms with Crippen LogP contribution in [0.5, 0.6) is 40.2 Å². The molecule has 1 aliphatic carbocycles. The number of pyridine rings is 1. The number of methoxy groups -OCH3 is 4. The number of ketones is 1. The molecular formula is C50H44N2O11. The molecule has 320 valence electrons. The molecule has 0 bridgehead atoms. The fourth-order valence-corrected chi connectivity index (χ4v) is 9.09. The number of esters is 1. The number of aromatic nitrogens is 1. The minimum atomic E-state index is -0.675. The van der Waals surface area contributed by atoms with E-state index in [-0.39, 0.29) is 31.8 Å². The molecule has 4 atom stereocenters. The normalized spacial score (nSPS) is 18.3. The lowest BCUT2D eigenvalue weighted by Gasteiger charge is -2.39. The van der Waals surface area contributed by atoms with E-state index in [1.165, 1.54) is 34.5 Å². The molecule has 13 nitrogen and oxygen atoms in total. The van der Waals surface area contributed by atoms with Gasteiger partial charge < -0.3 is 43.2 Å². The van der Waals surface area contributed by atoms with Gasteiger partial charge >= 0.3 is 5.97 Å². The minimum absolute atomic E-state index is 0.0380. The first-order valence-electron chi connectivity index (χ1n) is 20.4. The number of aryl methyl sites for hydroxylation is 1. The maximum Gasteiger partial charge on any atom is 0.310 e. The highest BCUT2D eigenvalue weighted by molar-refractivity contribution is 6.16. The van der Waals surface area contributed by atoms with Crippen LogP contribution in [0.15, 0.2) is 103 Å². The number of cyclic esters (lactones) is 1. The molecule has 0 saturated carbocycles. The second kappa shape index (κ2) is 17.1. The first kappa shape index (κ1) is 40.8. The number of allylic oxidation sites excluding steroid dienone is 1. The van der Waals surface area contributed by atoms with Gasteiger partial charge in [-0.2, -0.15) is 0 Å². The Morgan fingerprint density at radius 2 is 1.48 bits per heavy atom. The lowest BCUT2D eigenvalue weighted by molar-refractivity contribution is -0.141. The molecule has 1 amide bonds. The zero-order valence-electron chi connectivity index (χ0n) is 35.3. The van der Waals surface area contributed by atoms with Crippen molar-refractivity contribution in [1.29, 1.82) is 0 Å². The van der Waals surface area contributed by atoms with E-state index >= 15 is 0 Å². The molecule has 3 aliphatic rings. The van der Waals surface area contributed by atoms with Crippen LogP contribution in [0.25, 0.3) is 28.1 Å². The van der Waals surface area contributed by atoms with Crippen LogP contribution in [0.1, 0.15) is 50.3 Å². The topological polar surface area (TPSA) is 150 Å². The highest BCUT2D eigenvalue weighted by Gasteiger charge is 2.53. The molecule has 0 unspecified atom stereocenters. The van der Waals surface area contributed by atoms with Gasteiger partial charge in [0.15, 0.2) is 46.9 Å². The van der Waals surface area contributed by atoms with Gasteiger partial charge in [-0.25, -0.2) is 0 Å². The summed E-state index contributed by atoms with van der Waals surface area (Å²) in [6, 6.07) is 29.6. The van der Waals surface area contributed by atoms with Gasteiger partial charge in [0.1, 0.15) is 0 Å². The number of amides is 1. The van der Waals surface area contributed by atoms with E-state index in [1.807, 2.05) is 85.8 Å². The van der Waals surface area contributed by atoms with Crippen molar-refractivity contribution in [2.24, 2.45) is 11.8 Å². The summed E-state index contributed by atoms with van der Waals surface area (Å²) in [6.45, 7) is 1.61. The number of carbonyl (C=O) groups excluding carboxylic acids is 3. The summed E-state index contributed by atoms with van der Waals surface area (Å²) < 4.78 is 45.9. The number of benzene rings is 5. The van der Waals surface area contributed by atoms with Crippen LogP contribution in [0, 0.1) is 18.8 Å². The Kier molecular flexibility index (Phi) is 11.1. The number of nitrogens with zero attached hydrogens (tertiary/aromatic N) is 1. The summed E-state index contributed by atoms with van der Waals surface area (Å²) in [4.78, 5) is 46.2. The van der Waals surface area contributed by atoms with Crippen LogP contribution in [-0.2, 0) is 14.3 Å². The summed E-state index contributed by atoms with van der Waals surface area (Å²) in [5, 5.41) is 4.03. The molecular weight excluding hydrogens is 805 g/mol. The van der Waals surface area contributed by atoms with Gasteiger partial charge in [0.2, 0.25) is 12.5 Å². The van der Waals surface area contributed by atoms with Gasteiger partial charge in [0.25, 0.3) is 5.91 Å². The molecule has 0 spiro atoms. The van der Waals surface area contributed by atoms with Crippen LogP contribution >= 0.6 is 0 Å². The Bertz CT molecular complexity index is 2780. The monoisotopic (exact) mass is 848 g/mol. The van der Waals surface area contributed by atoms with E-state index in [4.69, 9.17) is 42.9 Å². The fourth-order valence-electron chi connectivity index (χ4n) is 9.09. The van der Waals surface area contributed by atoms with Gasteiger partial charge in [0, 0.05) is 28.5 Å². The molecule has 9 rings (SSSR count). The van der Waals surface area contributed by atoms with Crippen LogP contribution < -0.4 is 38.5 Å². The average molecular weight is 849 g/mol. The third kappa shape index (κ3) is 7.49. The Balaban J connectivity index is 0.959. The molecule has 0 radical (unpaired) electrons. The Hall–Kier alpha value is -7.54. The average Bonchev–Trinajstić information content (AvgIpc) is 3.94. The van der Waals surface area contributed by atoms with Crippen molar-refractivity contribution < 1.29 is 52.3 Å².